The highest BCUT2D eigenvalue weighted by atomic mass is 35.5. The SMILES string of the molecule is CN1CCN(c2ccc(-c3nc4c(C(F)(F)F)cc(Cl)cc4[nH]3)cc2)CC1. The van der Waals surface area contributed by atoms with Crippen molar-refractivity contribution in [2.24, 2.45) is 0 Å². The predicted octanol–water partition coefficient (Wildman–Crippen LogP) is 4.65. The third-order valence-corrected chi connectivity index (χ3v) is 5.08. The van der Waals surface area contributed by atoms with Crippen molar-refractivity contribution in [1.82, 2.24) is 14.9 Å². The number of halogens is 4. The molecule has 1 saturated heterocycles. The van der Waals surface area contributed by atoms with E-state index in [1.54, 1.807) is 0 Å². The number of aromatic amines is 1. The van der Waals surface area contributed by atoms with Gasteiger partial charge in [-0.05, 0) is 43.4 Å². The largest absolute Gasteiger partial charge is 0.418 e. The van der Waals surface area contributed by atoms with Gasteiger partial charge in [-0.25, -0.2) is 4.98 Å². The molecule has 0 saturated carbocycles. The summed E-state index contributed by atoms with van der Waals surface area (Å²) < 4.78 is 39.8. The van der Waals surface area contributed by atoms with E-state index in [0.29, 0.717) is 5.82 Å². The van der Waals surface area contributed by atoms with Gasteiger partial charge in [0.25, 0.3) is 0 Å². The van der Waals surface area contributed by atoms with E-state index in [0.717, 1.165) is 43.5 Å². The Morgan fingerprint density at radius 3 is 2.33 bits per heavy atom. The zero-order chi connectivity index (χ0) is 19.2. The molecule has 0 bridgehead atoms. The maximum atomic E-state index is 13.3. The summed E-state index contributed by atoms with van der Waals surface area (Å²) in [7, 11) is 2.10. The van der Waals surface area contributed by atoms with Crippen LogP contribution in [-0.2, 0) is 6.18 Å². The standard InChI is InChI=1S/C19H18ClF3N4/c1-26-6-8-27(9-7-26)14-4-2-12(3-5-14)18-24-16-11-13(20)10-15(17(16)25-18)19(21,22)23/h2-5,10-11H,6-9H2,1H3,(H,24,25). The van der Waals surface area contributed by atoms with E-state index in [2.05, 4.69) is 26.8 Å². The fraction of sp³-hybridized carbons (Fsp3) is 0.316. The summed E-state index contributed by atoms with van der Waals surface area (Å²) in [6.45, 7) is 3.92. The lowest BCUT2D eigenvalue weighted by molar-refractivity contribution is -0.136. The van der Waals surface area contributed by atoms with Crippen molar-refractivity contribution in [2.75, 3.05) is 38.1 Å². The van der Waals surface area contributed by atoms with Crippen LogP contribution in [0.15, 0.2) is 36.4 Å². The Balaban J connectivity index is 1.66. The predicted molar refractivity (Wildman–Crippen MR) is 101 cm³/mol. The van der Waals surface area contributed by atoms with Crippen LogP contribution in [-0.4, -0.2) is 48.1 Å². The summed E-state index contributed by atoms with van der Waals surface area (Å²) in [4.78, 5) is 11.7. The summed E-state index contributed by atoms with van der Waals surface area (Å²) in [6, 6.07) is 10.1. The smallest absolute Gasteiger partial charge is 0.369 e. The summed E-state index contributed by atoms with van der Waals surface area (Å²) in [5.41, 5.74) is 1.15. The molecule has 27 heavy (non-hydrogen) atoms. The third-order valence-electron chi connectivity index (χ3n) is 4.87. The minimum Gasteiger partial charge on any atom is -0.369 e. The molecule has 1 N–H and O–H groups in total. The van der Waals surface area contributed by atoms with Gasteiger partial charge in [-0.3, -0.25) is 0 Å². The average Bonchev–Trinajstić information content (AvgIpc) is 3.04. The van der Waals surface area contributed by atoms with E-state index >= 15 is 0 Å². The van der Waals surface area contributed by atoms with Crippen molar-refractivity contribution in [3.05, 3.63) is 47.0 Å². The minimum absolute atomic E-state index is 0.0236. The van der Waals surface area contributed by atoms with Gasteiger partial charge in [-0.2, -0.15) is 13.2 Å². The summed E-state index contributed by atoms with van der Waals surface area (Å²) in [5.74, 6) is 0.391. The molecule has 0 aliphatic carbocycles. The Morgan fingerprint density at radius 2 is 1.70 bits per heavy atom. The van der Waals surface area contributed by atoms with Gasteiger partial charge < -0.3 is 14.8 Å². The molecule has 0 radical (unpaired) electrons. The summed E-state index contributed by atoms with van der Waals surface area (Å²) in [6.07, 6.45) is -4.51. The van der Waals surface area contributed by atoms with Crippen molar-refractivity contribution < 1.29 is 13.2 Å². The van der Waals surface area contributed by atoms with Crippen LogP contribution >= 0.6 is 11.6 Å². The van der Waals surface area contributed by atoms with Crippen molar-refractivity contribution in [3.8, 4) is 11.4 Å². The monoisotopic (exact) mass is 394 g/mol. The lowest BCUT2D eigenvalue weighted by atomic mass is 10.1. The molecule has 4 rings (SSSR count). The maximum absolute atomic E-state index is 13.3. The van der Waals surface area contributed by atoms with Gasteiger partial charge in [0.2, 0.25) is 0 Å². The molecule has 1 aliphatic rings. The average molecular weight is 395 g/mol. The van der Waals surface area contributed by atoms with Crippen LogP contribution in [0.2, 0.25) is 5.02 Å². The van der Waals surface area contributed by atoms with Crippen molar-refractivity contribution in [3.63, 3.8) is 0 Å². The quantitative estimate of drug-likeness (QED) is 0.687. The number of imidazole rings is 1. The fourth-order valence-corrected chi connectivity index (χ4v) is 3.55. The second-order valence-corrected chi connectivity index (χ2v) is 7.21. The second kappa shape index (κ2) is 6.73. The number of fused-ring (bicyclic) bond motifs is 1. The molecule has 1 fully saturated rings. The Kier molecular flexibility index (Phi) is 4.52. The number of aromatic nitrogens is 2. The molecule has 1 aromatic heterocycles. The van der Waals surface area contributed by atoms with E-state index in [1.807, 2.05) is 24.3 Å². The van der Waals surface area contributed by atoms with Crippen LogP contribution in [0.5, 0.6) is 0 Å². The zero-order valence-electron chi connectivity index (χ0n) is 14.6. The molecule has 0 amide bonds. The molecule has 0 unspecified atom stereocenters. The lowest BCUT2D eigenvalue weighted by Crippen LogP contribution is -2.44. The number of anilines is 1. The fourth-order valence-electron chi connectivity index (χ4n) is 3.33. The number of benzene rings is 2. The van der Waals surface area contributed by atoms with Gasteiger partial charge in [-0.15, -0.1) is 0 Å². The molecule has 8 heteroatoms. The topological polar surface area (TPSA) is 35.2 Å². The van der Waals surface area contributed by atoms with E-state index in [1.165, 1.54) is 6.07 Å². The van der Waals surface area contributed by atoms with Gasteiger partial charge >= 0.3 is 6.18 Å². The van der Waals surface area contributed by atoms with Crippen LogP contribution in [0.25, 0.3) is 22.4 Å². The minimum atomic E-state index is -4.51. The molecular formula is C19H18ClF3N4. The molecule has 2 heterocycles. The number of nitrogens with one attached hydrogen (secondary N) is 1. The van der Waals surface area contributed by atoms with Crippen LogP contribution in [0.1, 0.15) is 5.56 Å². The molecule has 3 aromatic rings. The molecular weight excluding hydrogens is 377 g/mol. The van der Waals surface area contributed by atoms with Crippen molar-refractivity contribution >= 4 is 28.3 Å². The van der Waals surface area contributed by atoms with Gasteiger partial charge in [0, 0.05) is 42.5 Å². The summed E-state index contributed by atoms with van der Waals surface area (Å²) in [5, 5.41) is 0.0236. The number of rotatable bonds is 2. The first-order valence-electron chi connectivity index (χ1n) is 8.61. The molecule has 2 aromatic carbocycles. The first-order chi connectivity index (χ1) is 12.8. The van der Waals surface area contributed by atoms with E-state index in [9.17, 15) is 13.2 Å². The van der Waals surface area contributed by atoms with Crippen LogP contribution < -0.4 is 4.90 Å². The summed E-state index contributed by atoms with van der Waals surface area (Å²) >= 11 is 5.85. The van der Waals surface area contributed by atoms with Crippen molar-refractivity contribution in [2.45, 2.75) is 6.18 Å². The van der Waals surface area contributed by atoms with Gasteiger partial charge in [0.15, 0.2) is 0 Å². The normalized spacial score (nSPS) is 16.3. The number of nitrogens with zero attached hydrogens (tertiary/aromatic N) is 3. The Morgan fingerprint density at radius 1 is 1.04 bits per heavy atom. The molecule has 0 spiro atoms. The van der Waals surface area contributed by atoms with Gasteiger partial charge in [0.1, 0.15) is 11.3 Å². The molecule has 1 aliphatic heterocycles. The van der Waals surface area contributed by atoms with E-state index < -0.39 is 11.7 Å². The molecule has 4 nitrogen and oxygen atoms in total. The Bertz CT molecular complexity index is 957. The lowest BCUT2D eigenvalue weighted by Gasteiger charge is -2.34. The Hall–Kier alpha value is -2.25. The number of hydrogen-bond donors (Lipinski definition) is 1. The first kappa shape index (κ1) is 18.1. The van der Waals surface area contributed by atoms with Crippen LogP contribution in [0.4, 0.5) is 18.9 Å². The number of alkyl halides is 3. The highest BCUT2D eigenvalue weighted by Crippen LogP contribution is 2.37. The highest BCUT2D eigenvalue weighted by Gasteiger charge is 2.34. The number of piperazine rings is 1. The molecule has 142 valence electrons. The second-order valence-electron chi connectivity index (χ2n) is 6.77. The Labute approximate surface area is 159 Å². The van der Waals surface area contributed by atoms with E-state index in [-0.39, 0.29) is 16.1 Å². The van der Waals surface area contributed by atoms with Crippen molar-refractivity contribution in [1.29, 1.82) is 0 Å². The number of hydrogen-bond acceptors (Lipinski definition) is 3. The van der Waals surface area contributed by atoms with E-state index in [4.69, 9.17) is 11.6 Å². The van der Waals surface area contributed by atoms with Gasteiger partial charge in [-0.1, -0.05) is 11.6 Å². The third kappa shape index (κ3) is 3.61. The maximum Gasteiger partial charge on any atom is 0.418 e. The van der Waals surface area contributed by atoms with Crippen LogP contribution in [0.3, 0.4) is 0 Å². The number of likely N-dealkylation sites (N-methyl/N-ethyl adjacent to an activating group) is 1. The first-order valence-corrected chi connectivity index (χ1v) is 8.99. The van der Waals surface area contributed by atoms with Crippen LogP contribution in [0, 0.1) is 0 Å². The number of H-pyrrole nitrogens is 1. The molecule has 0 atom stereocenters. The van der Waals surface area contributed by atoms with Gasteiger partial charge in [0.05, 0.1) is 11.1 Å². The zero-order valence-corrected chi connectivity index (χ0v) is 15.4. The highest BCUT2D eigenvalue weighted by molar-refractivity contribution is 6.31.